The Labute approximate surface area is 230 Å². The number of carbonyl (C=O) groups excluding carboxylic acids is 1. The minimum atomic E-state index is -4.35. The number of hydrogen-bond donors (Lipinski definition) is 3. The number of esters is 1. The summed E-state index contributed by atoms with van der Waals surface area (Å²) < 4.78 is 39.0. The highest BCUT2D eigenvalue weighted by Gasteiger charge is 2.51. The highest BCUT2D eigenvalue weighted by Crippen LogP contribution is 2.56. The van der Waals surface area contributed by atoms with E-state index in [9.17, 15) is 24.8 Å². The van der Waals surface area contributed by atoms with Crippen molar-refractivity contribution in [1.29, 1.82) is 5.26 Å². The van der Waals surface area contributed by atoms with Crippen molar-refractivity contribution in [2.75, 3.05) is 32.6 Å². The molecule has 0 aliphatic carbocycles. The van der Waals surface area contributed by atoms with E-state index in [1.807, 2.05) is 6.07 Å². The van der Waals surface area contributed by atoms with Crippen LogP contribution in [0.15, 0.2) is 48.8 Å². The van der Waals surface area contributed by atoms with Gasteiger partial charge in [-0.15, -0.1) is 0 Å². The second-order valence-electron chi connectivity index (χ2n) is 9.02. The van der Waals surface area contributed by atoms with E-state index in [1.165, 1.54) is 21.6 Å². The van der Waals surface area contributed by atoms with Gasteiger partial charge in [-0.3, -0.25) is 9.32 Å². The Balaban J connectivity index is 1.64. The number of nitrogen functional groups attached to an aromatic ring is 1. The maximum atomic E-state index is 14.3. The number of nitriles is 1. The van der Waals surface area contributed by atoms with E-state index >= 15 is 0 Å². The van der Waals surface area contributed by atoms with E-state index in [-0.39, 0.29) is 30.4 Å². The van der Waals surface area contributed by atoms with Crippen molar-refractivity contribution in [2.45, 2.75) is 43.6 Å². The average molecular weight is 575 g/mol. The first kappa shape index (κ1) is 29.4. The summed E-state index contributed by atoms with van der Waals surface area (Å²) in [7, 11) is -3.22. The predicted octanol–water partition coefficient (Wildman–Crippen LogP) is 1.85. The fraction of sp³-hybridized carbons (Fsp3) is 0.440. The van der Waals surface area contributed by atoms with Crippen LogP contribution in [0.1, 0.15) is 31.6 Å². The lowest BCUT2D eigenvalue weighted by Gasteiger charge is -2.35. The molecule has 0 spiro atoms. The maximum Gasteiger partial charge on any atom is 0.462 e. The van der Waals surface area contributed by atoms with Crippen molar-refractivity contribution in [1.82, 2.24) is 19.3 Å². The Hall–Kier alpha value is -3.57. The molecule has 214 valence electrons. The maximum absolute atomic E-state index is 14.3. The Morgan fingerprint density at radius 1 is 1.30 bits per heavy atom. The van der Waals surface area contributed by atoms with Gasteiger partial charge in [-0.2, -0.15) is 15.0 Å². The van der Waals surface area contributed by atoms with Gasteiger partial charge in [0.05, 0.1) is 12.3 Å². The molecule has 2 unspecified atom stereocenters. The van der Waals surface area contributed by atoms with E-state index in [1.54, 1.807) is 43.3 Å². The summed E-state index contributed by atoms with van der Waals surface area (Å²) in [6.07, 6.45) is -1.59. The van der Waals surface area contributed by atoms with Gasteiger partial charge in [0.15, 0.2) is 5.82 Å². The molecule has 1 aliphatic rings. The number of methoxy groups -OCH3 is 1. The second-order valence-corrected chi connectivity index (χ2v) is 10.9. The van der Waals surface area contributed by atoms with Gasteiger partial charge in [0.2, 0.25) is 5.60 Å². The fourth-order valence-electron chi connectivity index (χ4n) is 4.49. The zero-order chi connectivity index (χ0) is 28.9. The molecule has 40 heavy (non-hydrogen) atoms. The van der Waals surface area contributed by atoms with E-state index in [0.29, 0.717) is 18.4 Å². The molecule has 1 aromatic carbocycles. The third-order valence-corrected chi connectivity index (χ3v) is 8.65. The molecular weight excluding hydrogens is 543 g/mol. The van der Waals surface area contributed by atoms with Crippen LogP contribution < -0.4 is 10.3 Å². The Morgan fingerprint density at radius 3 is 2.73 bits per heavy atom. The molecule has 15 heteroatoms. The van der Waals surface area contributed by atoms with E-state index in [0.717, 1.165) is 7.11 Å². The Morgan fingerprint density at radius 2 is 2.05 bits per heavy atom. The standard InChI is InChI=1S/C25H31N6O8P/c1-3-37-24(34)20-10-7-13-30(20)40(35,39-17-8-5-4-6-9-17)38-15-25(14-26,36-2)22(33)21(32)18-11-12-19-23(27)28-16-29-31(18)19/h4-6,8-9,11-12,16,20-22,32-33H,3,7,10,13,15H2,1-2H3,(H2,27,28,29)/t20-,21-,22-,25?,40?/m0/s1. The van der Waals surface area contributed by atoms with Crippen LogP contribution in [-0.2, 0) is 23.4 Å². The first-order chi connectivity index (χ1) is 19.2. The molecule has 0 amide bonds. The van der Waals surface area contributed by atoms with Crippen LogP contribution in [0.3, 0.4) is 0 Å². The number of carbonyl (C=O) groups is 1. The largest absolute Gasteiger partial charge is 0.465 e. The lowest BCUT2D eigenvalue weighted by atomic mass is 9.93. The lowest BCUT2D eigenvalue weighted by molar-refractivity contribution is -0.147. The molecule has 4 rings (SSSR count). The molecule has 4 N–H and O–H groups in total. The quantitative estimate of drug-likeness (QED) is 0.210. The number of anilines is 1. The predicted molar refractivity (Wildman–Crippen MR) is 141 cm³/mol. The number of ether oxygens (including phenoxy) is 2. The molecule has 3 aromatic rings. The number of aliphatic hydroxyl groups is 2. The van der Waals surface area contributed by atoms with Gasteiger partial charge < -0.3 is 29.9 Å². The van der Waals surface area contributed by atoms with Crippen molar-refractivity contribution in [3.8, 4) is 11.8 Å². The number of hydrogen-bond acceptors (Lipinski definition) is 12. The monoisotopic (exact) mass is 574 g/mol. The van der Waals surface area contributed by atoms with Crippen molar-refractivity contribution < 1.29 is 38.1 Å². The van der Waals surface area contributed by atoms with Crippen LogP contribution in [0.2, 0.25) is 0 Å². The lowest BCUT2D eigenvalue weighted by Crippen LogP contribution is -2.50. The summed E-state index contributed by atoms with van der Waals surface area (Å²) >= 11 is 0. The zero-order valence-electron chi connectivity index (χ0n) is 22.0. The average Bonchev–Trinajstić information content (AvgIpc) is 3.63. The Bertz CT molecular complexity index is 1420. The highest BCUT2D eigenvalue weighted by atomic mass is 31.2. The molecule has 1 saturated heterocycles. The summed E-state index contributed by atoms with van der Waals surface area (Å²) in [6, 6.07) is 12.1. The van der Waals surface area contributed by atoms with Gasteiger partial charge in [-0.1, -0.05) is 18.2 Å². The summed E-state index contributed by atoms with van der Waals surface area (Å²) in [5.74, 6) is -0.251. The minimum Gasteiger partial charge on any atom is -0.465 e. The molecule has 1 fully saturated rings. The van der Waals surface area contributed by atoms with Crippen molar-refractivity contribution >= 4 is 25.1 Å². The first-order valence-electron chi connectivity index (χ1n) is 12.5. The molecule has 14 nitrogen and oxygen atoms in total. The molecule has 3 heterocycles. The van der Waals surface area contributed by atoms with Crippen LogP contribution in [0.25, 0.3) is 5.52 Å². The molecule has 5 atom stereocenters. The summed E-state index contributed by atoms with van der Waals surface area (Å²) in [6.45, 7) is 1.18. The molecule has 0 radical (unpaired) electrons. The van der Waals surface area contributed by atoms with Gasteiger partial charge in [0.1, 0.15) is 48.5 Å². The molecule has 0 bridgehead atoms. The van der Waals surface area contributed by atoms with Gasteiger partial charge >= 0.3 is 13.7 Å². The number of rotatable bonds is 12. The molecular formula is C25H31N6O8P. The first-order valence-corrected chi connectivity index (χ1v) is 14.0. The van der Waals surface area contributed by atoms with Gasteiger partial charge in [-0.25, -0.2) is 14.1 Å². The van der Waals surface area contributed by atoms with Crippen LogP contribution in [0.4, 0.5) is 5.82 Å². The number of benzene rings is 1. The van der Waals surface area contributed by atoms with Crippen LogP contribution in [-0.4, -0.2) is 80.1 Å². The Kier molecular flexibility index (Phi) is 9.05. The van der Waals surface area contributed by atoms with Gasteiger partial charge in [0.25, 0.3) is 0 Å². The number of nitrogens with zero attached hydrogens (tertiary/aromatic N) is 5. The van der Waals surface area contributed by atoms with Gasteiger partial charge in [0, 0.05) is 13.7 Å². The molecule has 0 saturated carbocycles. The highest BCUT2D eigenvalue weighted by molar-refractivity contribution is 7.51. The number of aromatic nitrogens is 3. The third-order valence-electron chi connectivity index (χ3n) is 6.65. The number of fused-ring (bicyclic) bond motifs is 1. The van der Waals surface area contributed by atoms with Crippen LogP contribution in [0, 0.1) is 11.3 Å². The smallest absolute Gasteiger partial charge is 0.462 e. The van der Waals surface area contributed by atoms with Crippen molar-refractivity contribution in [3.63, 3.8) is 0 Å². The van der Waals surface area contributed by atoms with Crippen LogP contribution >= 0.6 is 7.75 Å². The van der Waals surface area contributed by atoms with E-state index < -0.39 is 44.2 Å². The summed E-state index contributed by atoms with van der Waals surface area (Å²) in [5.41, 5.74) is 4.10. The van der Waals surface area contributed by atoms with Gasteiger partial charge in [-0.05, 0) is 44.0 Å². The third kappa shape index (κ3) is 5.66. The number of para-hydroxylation sites is 1. The second kappa shape index (κ2) is 12.3. The topological polar surface area (TPSA) is 195 Å². The molecule has 1 aliphatic heterocycles. The van der Waals surface area contributed by atoms with Crippen molar-refractivity contribution in [3.05, 3.63) is 54.5 Å². The SMILES string of the molecule is CCOC(=O)[C@@H]1CCCN1P(=O)(OCC(C#N)(OC)[C@@H](O)[C@@H](O)c1ccc2c(N)ncnn12)Oc1ccccc1. The fourth-order valence-corrected chi connectivity index (χ4v) is 6.48. The minimum absolute atomic E-state index is 0.0962. The zero-order valence-corrected chi connectivity index (χ0v) is 22.9. The summed E-state index contributed by atoms with van der Waals surface area (Å²) in [5, 5.41) is 36.5. The summed E-state index contributed by atoms with van der Waals surface area (Å²) in [4.78, 5) is 16.5. The number of nitrogens with two attached hydrogens (primary N) is 1. The van der Waals surface area contributed by atoms with Crippen molar-refractivity contribution in [2.24, 2.45) is 0 Å². The van der Waals surface area contributed by atoms with Crippen LogP contribution in [0.5, 0.6) is 5.75 Å². The van der Waals surface area contributed by atoms with E-state index in [2.05, 4.69) is 10.1 Å². The molecule has 2 aromatic heterocycles. The number of aliphatic hydroxyl groups excluding tert-OH is 2. The van der Waals surface area contributed by atoms with E-state index in [4.69, 9.17) is 24.3 Å². The normalized spacial score (nSPS) is 20.2.